The molecule has 3 heteroatoms. The van der Waals surface area contributed by atoms with E-state index in [2.05, 4.69) is 13.0 Å². The first kappa shape index (κ1) is 14.6. The average Bonchev–Trinajstić information content (AvgIpc) is 2.77. The zero-order valence-corrected chi connectivity index (χ0v) is 12.9. The van der Waals surface area contributed by atoms with Crippen LogP contribution in [0.4, 0.5) is 0 Å². The fourth-order valence-corrected chi connectivity index (χ4v) is 3.74. The van der Waals surface area contributed by atoms with Crippen LogP contribution in [0, 0.1) is 13.8 Å². The van der Waals surface area contributed by atoms with Crippen LogP contribution in [-0.4, -0.2) is 29.0 Å². The van der Waals surface area contributed by atoms with Crippen molar-refractivity contribution in [3.63, 3.8) is 0 Å². The first-order chi connectivity index (χ1) is 8.99. The molecule has 0 amide bonds. The van der Waals surface area contributed by atoms with E-state index in [1.54, 1.807) is 11.8 Å². The fourth-order valence-electron chi connectivity index (χ4n) is 2.44. The van der Waals surface area contributed by atoms with Gasteiger partial charge < -0.3 is 4.74 Å². The van der Waals surface area contributed by atoms with Crippen molar-refractivity contribution >= 4 is 17.5 Å². The number of ether oxygens (including phenoxy) is 1. The van der Waals surface area contributed by atoms with Crippen LogP contribution in [-0.2, 0) is 4.74 Å². The van der Waals surface area contributed by atoms with Crippen LogP contribution in [0.25, 0.3) is 0 Å². The molecule has 1 aliphatic rings. The van der Waals surface area contributed by atoms with E-state index >= 15 is 0 Å². The molecular weight excluding hydrogens is 256 g/mol. The predicted molar refractivity (Wildman–Crippen MR) is 81.1 cm³/mol. The summed E-state index contributed by atoms with van der Waals surface area (Å²) in [6.45, 7) is 8.97. The number of aryl methyl sites for hydroxylation is 2. The Morgan fingerprint density at radius 3 is 2.79 bits per heavy atom. The van der Waals surface area contributed by atoms with Crippen molar-refractivity contribution in [2.45, 2.75) is 50.7 Å². The van der Waals surface area contributed by atoms with E-state index in [4.69, 9.17) is 4.74 Å². The van der Waals surface area contributed by atoms with Crippen molar-refractivity contribution in [2.24, 2.45) is 0 Å². The van der Waals surface area contributed by atoms with Gasteiger partial charge in [-0.25, -0.2) is 0 Å². The molecule has 0 N–H and O–H groups in total. The Bertz CT molecular complexity index is 470. The summed E-state index contributed by atoms with van der Waals surface area (Å²) in [5.41, 5.74) is 3.08. The summed E-state index contributed by atoms with van der Waals surface area (Å²) in [6.07, 6.45) is 1.31. The number of hydrogen-bond acceptors (Lipinski definition) is 3. The van der Waals surface area contributed by atoms with Crippen LogP contribution in [0.15, 0.2) is 18.2 Å². The molecular formula is C16H22O2S. The van der Waals surface area contributed by atoms with Gasteiger partial charge in [0.05, 0.1) is 11.4 Å². The molecule has 104 valence electrons. The van der Waals surface area contributed by atoms with Gasteiger partial charge in [-0.3, -0.25) is 4.79 Å². The lowest BCUT2D eigenvalue weighted by molar-refractivity contribution is 0.0992. The maximum atomic E-state index is 12.6. The molecule has 3 atom stereocenters. The summed E-state index contributed by atoms with van der Waals surface area (Å²) < 4.78 is 5.56. The number of carbonyl (C=O) groups excluding carboxylic acids is 1. The third-order valence-corrected chi connectivity index (χ3v) is 5.30. The van der Waals surface area contributed by atoms with Crippen molar-refractivity contribution in [2.75, 3.05) is 6.61 Å². The van der Waals surface area contributed by atoms with E-state index < -0.39 is 0 Å². The second-order valence-electron chi connectivity index (χ2n) is 5.36. The quantitative estimate of drug-likeness (QED) is 0.784. The summed E-state index contributed by atoms with van der Waals surface area (Å²) in [5, 5.41) is 0.443. The number of hydrogen-bond donors (Lipinski definition) is 0. The molecule has 1 aromatic rings. The lowest BCUT2D eigenvalue weighted by atomic mass is 10.0. The van der Waals surface area contributed by atoms with Gasteiger partial charge >= 0.3 is 0 Å². The Kier molecular flexibility index (Phi) is 4.69. The Labute approximate surface area is 119 Å². The number of rotatable bonds is 4. The normalized spacial score (nSPS) is 24.4. The lowest BCUT2D eigenvalue weighted by Gasteiger charge is -2.19. The molecule has 0 saturated carbocycles. The minimum absolute atomic E-state index is 0.00495. The molecule has 0 spiro atoms. The van der Waals surface area contributed by atoms with Gasteiger partial charge in [-0.2, -0.15) is 0 Å². The van der Waals surface area contributed by atoms with Crippen molar-refractivity contribution < 1.29 is 9.53 Å². The van der Waals surface area contributed by atoms with E-state index in [0.717, 1.165) is 29.7 Å². The highest BCUT2D eigenvalue weighted by Crippen LogP contribution is 2.31. The molecule has 2 rings (SSSR count). The van der Waals surface area contributed by atoms with E-state index in [-0.39, 0.29) is 17.1 Å². The van der Waals surface area contributed by atoms with Gasteiger partial charge in [-0.1, -0.05) is 17.7 Å². The van der Waals surface area contributed by atoms with Crippen molar-refractivity contribution in [3.8, 4) is 0 Å². The second kappa shape index (κ2) is 6.10. The van der Waals surface area contributed by atoms with E-state index in [1.807, 2.05) is 32.9 Å². The molecule has 1 fully saturated rings. The Morgan fingerprint density at radius 2 is 2.16 bits per heavy atom. The minimum Gasteiger partial charge on any atom is -0.377 e. The molecule has 1 saturated heterocycles. The van der Waals surface area contributed by atoms with Crippen LogP contribution in [0.3, 0.4) is 0 Å². The van der Waals surface area contributed by atoms with Crippen molar-refractivity contribution in [3.05, 3.63) is 34.9 Å². The lowest BCUT2D eigenvalue weighted by Crippen LogP contribution is -2.22. The Hall–Kier alpha value is -0.800. The molecule has 0 bridgehead atoms. The summed E-state index contributed by atoms with van der Waals surface area (Å²) in [6, 6.07) is 6.08. The molecule has 3 unspecified atom stereocenters. The number of benzene rings is 1. The van der Waals surface area contributed by atoms with Gasteiger partial charge in [-0.05, 0) is 45.7 Å². The van der Waals surface area contributed by atoms with Gasteiger partial charge in [0.2, 0.25) is 0 Å². The number of Topliss-reactive ketones (excluding diaryl/α,β-unsaturated/α-hetero) is 1. The Morgan fingerprint density at radius 1 is 1.42 bits per heavy atom. The van der Waals surface area contributed by atoms with Crippen LogP contribution < -0.4 is 0 Å². The predicted octanol–water partition coefficient (Wildman–Crippen LogP) is 3.79. The highest BCUT2D eigenvalue weighted by atomic mass is 32.2. The molecule has 1 heterocycles. The van der Waals surface area contributed by atoms with Gasteiger partial charge in [0.1, 0.15) is 0 Å². The zero-order chi connectivity index (χ0) is 14.0. The SMILES string of the molecule is Cc1ccc(C)c(C(=O)C(C)SC2CCOC2C)c1. The Balaban J connectivity index is 2.08. The number of thioether (sulfide) groups is 1. The second-order valence-corrected chi connectivity index (χ2v) is 6.95. The molecule has 0 aliphatic carbocycles. The maximum Gasteiger partial charge on any atom is 0.175 e. The smallest absolute Gasteiger partial charge is 0.175 e. The average molecular weight is 278 g/mol. The number of carbonyl (C=O) groups is 1. The van der Waals surface area contributed by atoms with Crippen LogP contribution in [0.1, 0.15) is 41.8 Å². The third kappa shape index (κ3) is 3.40. The summed E-state index contributed by atoms with van der Waals surface area (Å²) in [7, 11) is 0. The monoisotopic (exact) mass is 278 g/mol. The highest BCUT2D eigenvalue weighted by Gasteiger charge is 2.29. The van der Waals surface area contributed by atoms with Crippen LogP contribution >= 0.6 is 11.8 Å². The fraction of sp³-hybridized carbons (Fsp3) is 0.562. The maximum absolute atomic E-state index is 12.6. The van der Waals surface area contributed by atoms with Crippen molar-refractivity contribution in [1.29, 1.82) is 0 Å². The van der Waals surface area contributed by atoms with Gasteiger partial charge in [0.15, 0.2) is 5.78 Å². The molecule has 0 aromatic heterocycles. The number of ketones is 1. The standard InChI is InChI=1S/C16H22O2S/c1-10-5-6-11(2)14(9-10)16(17)13(4)19-15-7-8-18-12(15)3/h5-6,9,12-13,15H,7-8H2,1-4H3. The summed E-state index contributed by atoms with van der Waals surface area (Å²) in [5.74, 6) is 0.241. The van der Waals surface area contributed by atoms with Crippen molar-refractivity contribution in [1.82, 2.24) is 0 Å². The first-order valence-electron chi connectivity index (χ1n) is 6.87. The largest absolute Gasteiger partial charge is 0.377 e. The molecule has 0 radical (unpaired) electrons. The van der Waals surface area contributed by atoms with Gasteiger partial charge in [0.25, 0.3) is 0 Å². The molecule has 2 nitrogen and oxygen atoms in total. The topological polar surface area (TPSA) is 26.3 Å². The molecule has 1 aliphatic heterocycles. The zero-order valence-electron chi connectivity index (χ0n) is 12.1. The molecule has 1 aromatic carbocycles. The minimum atomic E-state index is -0.00495. The van der Waals surface area contributed by atoms with Crippen LogP contribution in [0.5, 0.6) is 0 Å². The van der Waals surface area contributed by atoms with E-state index in [9.17, 15) is 4.79 Å². The first-order valence-corrected chi connectivity index (χ1v) is 7.82. The summed E-state index contributed by atoms with van der Waals surface area (Å²) >= 11 is 1.76. The molecule has 19 heavy (non-hydrogen) atoms. The van der Waals surface area contributed by atoms with E-state index in [0.29, 0.717) is 5.25 Å². The summed E-state index contributed by atoms with van der Waals surface area (Å²) in [4.78, 5) is 12.6. The highest BCUT2D eigenvalue weighted by molar-refractivity contribution is 8.01. The van der Waals surface area contributed by atoms with E-state index in [1.165, 1.54) is 0 Å². The van der Waals surface area contributed by atoms with Gasteiger partial charge in [0, 0.05) is 17.4 Å². The van der Waals surface area contributed by atoms with Crippen LogP contribution in [0.2, 0.25) is 0 Å². The third-order valence-electron chi connectivity index (χ3n) is 3.71. The van der Waals surface area contributed by atoms with Gasteiger partial charge in [-0.15, -0.1) is 11.8 Å².